The third-order valence-electron chi connectivity index (χ3n) is 4.87. The fraction of sp³-hybridized carbons (Fsp3) is 0.227. The van der Waals surface area contributed by atoms with Crippen LogP contribution in [0.1, 0.15) is 18.4 Å². The van der Waals surface area contributed by atoms with Crippen LogP contribution in [0.3, 0.4) is 0 Å². The zero-order valence-electron chi connectivity index (χ0n) is 16.0. The minimum atomic E-state index is -0.413. The molecule has 3 amide bonds. The van der Waals surface area contributed by atoms with Crippen molar-refractivity contribution in [3.05, 3.63) is 64.0 Å². The number of amides is 3. The molecule has 2 aliphatic rings. The minimum absolute atomic E-state index is 0.172. The second-order valence-corrected chi connectivity index (χ2v) is 9.49. The van der Waals surface area contributed by atoms with Crippen molar-refractivity contribution in [2.45, 2.75) is 22.6 Å². The van der Waals surface area contributed by atoms with Crippen LogP contribution in [0.25, 0.3) is 6.08 Å². The van der Waals surface area contributed by atoms with Gasteiger partial charge in [-0.25, -0.2) is 0 Å². The summed E-state index contributed by atoms with van der Waals surface area (Å²) >= 11 is 8.39. The molecule has 2 heterocycles. The molecule has 0 atom stereocenters. The first-order chi connectivity index (χ1) is 14.5. The highest BCUT2D eigenvalue weighted by atomic mass is 35.5. The number of nitrogens with zero attached hydrogens (tertiary/aromatic N) is 2. The van der Waals surface area contributed by atoms with Crippen molar-refractivity contribution in [1.29, 1.82) is 0 Å². The lowest BCUT2D eigenvalue weighted by atomic mass is 10.2. The van der Waals surface area contributed by atoms with Gasteiger partial charge in [-0.3, -0.25) is 19.3 Å². The van der Waals surface area contributed by atoms with Crippen molar-refractivity contribution in [2.24, 2.45) is 0 Å². The number of hydrogen-bond donors (Lipinski definition) is 0. The summed E-state index contributed by atoms with van der Waals surface area (Å²) in [4.78, 5) is 42.6. The van der Waals surface area contributed by atoms with E-state index in [0.717, 1.165) is 44.9 Å². The second-order valence-electron chi connectivity index (χ2n) is 6.95. The van der Waals surface area contributed by atoms with Crippen LogP contribution in [0.2, 0.25) is 5.02 Å². The van der Waals surface area contributed by atoms with Crippen LogP contribution >= 0.6 is 35.1 Å². The van der Waals surface area contributed by atoms with Crippen molar-refractivity contribution >= 4 is 58.3 Å². The van der Waals surface area contributed by atoms with Crippen molar-refractivity contribution in [1.82, 2.24) is 9.80 Å². The molecule has 0 spiro atoms. The summed E-state index contributed by atoms with van der Waals surface area (Å²) in [7, 11) is 0. The molecule has 5 nitrogen and oxygen atoms in total. The Balaban J connectivity index is 1.52. The summed E-state index contributed by atoms with van der Waals surface area (Å²) in [6.07, 6.45) is 3.66. The highest BCUT2D eigenvalue weighted by Crippen LogP contribution is 2.36. The molecule has 0 aliphatic carbocycles. The Labute approximate surface area is 188 Å². The van der Waals surface area contributed by atoms with Crippen molar-refractivity contribution in [3.63, 3.8) is 0 Å². The fourth-order valence-corrected chi connectivity index (χ4v) is 5.17. The van der Waals surface area contributed by atoms with E-state index in [9.17, 15) is 14.4 Å². The number of benzene rings is 2. The molecule has 0 unspecified atom stereocenters. The number of likely N-dealkylation sites (tertiary alicyclic amines) is 1. The summed E-state index contributed by atoms with van der Waals surface area (Å²) in [5.74, 6) is -0.585. The molecule has 4 rings (SSSR count). The largest absolute Gasteiger partial charge is 0.341 e. The van der Waals surface area contributed by atoms with Crippen LogP contribution in [0.4, 0.5) is 4.79 Å². The Hall–Kier alpha value is -2.22. The van der Waals surface area contributed by atoms with Gasteiger partial charge in [0.1, 0.15) is 6.54 Å². The zero-order valence-corrected chi connectivity index (χ0v) is 18.4. The summed E-state index contributed by atoms with van der Waals surface area (Å²) in [6.45, 7) is 1.20. The minimum Gasteiger partial charge on any atom is -0.341 e. The van der Waals surface area contributed by atoms with Gasteiger partial charge in [0.2, 0.25) is 5.91 Å². The third-order valence-corrected chi connectivity index (χ3v) is 7.13. The van der Waals surface area contributed by atoms with Gasteiger partial charge in [0, 0.05) is 27.9 Å². The number of imide groups is 1. The van der Waals surface area contributed by atoms with E-state index in [-0.39, 0.29) is 12.5 Å². The van der Waals surface area contributed by atoms with Gasteiger partial charge in [0.25, 0.3) is 11.1 Å². The molecule has 0 radical (unpaired) electrons. The lowest BCUT2D eigenvalue weighted by molar-refractivity contribution is -0.135. The highest BCUT2D eigenvalue weighted by molar-refractivity contribution is 8.18. The number of rotatable bonds is 5. The Morgan fingerprint density at radius 2 is 1.77 bits per heavy atom. The van der Waals surface area contributed by atoms with Crippen LogP contribution in [0.15, 0.2) is 63.2 Å². The van der Waals surface area contributed by atoms with E-state index < -0.39 is 11.1 Å². The molecule has 8 heteroatoms. The average molecular weight is 459 g/mol. The maximum Gasteiger partial charge on any atom is 0.294 e. The normalized spacial score (nSPS) is 18.0. The van der Waals surface area contributed by atoms with Gasteiger partial charge in [-0.1, -0.05) is 41.6 Å². The fourth-order valence-electron chi connectivity index (χ4n) is 3.30. The van der Waals surface area contributed by atoms with E-state index in [4.69, 9.17) is 11.6 Å². The molecule has 0 saturated carbocycles. The van der Waals surface area contributed by atoms with Crippen LogP contribution in [-0.2, 0) is 9.59 Å². The summed E-state index contributed by atoms with van der Waals surface area (Å²) in [6, 6.07) is 15.2. The maximum atomic E-state index is 12.8. The molecule has 2 aromatic carbocycles. The molecule has 30 heavy (non-hydrogen) atoms. The Kier molecular flexibility index (Phi) is 6.51. The quantitative estimate of drug-likeness (QED) is 0.580. The molecular weight excluding hydrogens is 440 g/mol. The zero-order chi connectivity index (χ0) is 21.1. The smallest absolute Gasteiger partial charge is 0.294 e. The molecule has 154 valence electrons. The summed E-state index contributed by atoms with van der Waals surface area (Å²) in [5.41, 5.74) is 0.841. The van der Waals surface area contributed by atoms with E-state index in [1.54, 1.807) is 22.7 Å². The molecule has 0 bridgehead atoms. The number of thioether (sulfide) groups is 1. The molecular formula is C22H19ClN2O3S2. The topological polar surface area (TPSA) is 57.7 Å². The van der Waals surface area contributed by atoms with Gasteiger partial charge >= 0.3 is 0 Å². The van der Waals surface area contributed by atoms with E-state index in [0.29, 0.717) is 23.0 Å². The molecule has 2 saturated heterocycles. The second kappa shape index (κ2) is 9.29. The molecule has 2 fully saturated rings. The van der Waals surface area contributed by atoms with Gasteiger partial charge in [-0.05, 0) is 66.6 Å². The van der Waals surface area contributed by atoms with E-state index in [2.05, 4.69) is 0 Å². The van der Waals surface area contributed by atoms with Gasteiger partial charge in [0.15, 0.2) is 0 Å². The summed E-state index contributed by atoms with van der Waals surface area (Å²) < 4.78 is 0. The number of carbonyl (C=O) groups is 3. The molecule has 0 aromatic heterocycles. The van der Waals surface area contributed by atoms with Crippen molar-refractivity contribution in [3.8, 4) is 0 Å². The standard InChI is InChI=1S/C22H19ClN2O3S2/c23-16-7-9-17(10-8-16)29-18-6-2-1-5-15(18)13-19-21(27)25(22(28)30-19)14-20(26)24-11-3-4-12-24/h1-2,5-10,13H,3-4,11-12,14H2/b19-13-. The molecule has 2 aromatic rings. The first-order valence-electron chi connectivity index (χ1n) is 9.57. The van der Waals surface area contributed by atoms with Gasteiger partial charge in [0.05, 0.1) is 4.91 Å². The first kappa shape index (κ1) is 21.0. The highest BCUT2D eigenvalue weighted by Gasteiger charge is 2.37. The number of hydrogen-bond acceptors (Lipinski definition) is 5. The lowest BCUT2D eigenvalue weighted by Gasteiger charge is -2.18. The van der Waals surface area contributed by atoms with E-state index >= 15 is 0 Å². The maximum absolute atomic E-state index is 12.8. The Morgan fingerprint density at radius 1 is 1.07 bits per heavy atom. The van der Waals surface area contributed by atoms with Crippen molar-refractivity contribution in [2.75, 3.05) is 19.6 Å². The van der Waals surface area contributed by atoms with Crippen LogP contribution < -0.4 is 0 Å². The van der Waals surface area contributed by atoms with Crippen LogP contribution in [-0.4, -0.2) is 46.5 Å². The molecule has 0 N–H and O–H groups in total. The van der Waals surface area contributed by atoms with E-state index in [1.807, 2.05) is 48.5 Å². The van der Waals surface area contributed by atoms with Gasteiger partial charge in [-0.2, -0.15) is 0 Å². The van der Waals surface area contributed by atoms with Gasteiger partial charge in [-0.15, -0.1) is 0 Å². The summed E-state index contributed by atoms with van der Waals surface area (Å²) in [5, 5.41) is 0.270. The Bertz CT molecular complexity index is 1020. The van der Waals surface area contributed by atoms with Crippen molar-refractivity contribution < 1.29 is 14.4 Å². The molecule has 2 aliphatic heterocycles. The average Bonchev–Trinajstić information content (AvgIpc) is 3.36. The van der Waals surface area contributed by atoms with Crippen LogP contribution in [0.5, 0.6) is 0 Å². The monoisotopic (exact) mass is 458 g/mol. The first-order valence-corrected chi connectivity index (χ1v) is 11.6. The predicted octanol–water partition coefficient (Wildman–Crippen LogP) is 5.15. The number of halogens is 1. The lowest BCUT2D eigenvalue weighted by Crippen LogP contribution is -2.40. The Morgan fingerprint density at radius 3 is 2.50 bits per heavy atom. The SMILES string of the molecule is O=C(CN1C(=O)S/C(=C\c2ccccc2Sc2ccc(Cl)cc2)C1=O)N1CCCC1. The predicted molar refractivity (Wildman–Crippen MR) is 121 cm³/mol. The van der Waals surface area contributed by atoms with Gasteiger partial charge < -0.3 is 4.90 Å². The van der Waals surface area contributed by atoms with Crippen LogP contribution in [0, 0.1) is 0 Å². The third kappa shape index (κ3) is 4.74. The number of carbonyl (C=O) groups excluding carboxylic acids is 3. The van der Waals surface area contributed by atoms with E-state index in [1.165, 1.54) is 0 Å².